The lowest BCUT2D eigenvalue weighted by Gasteiger charge is -2.21. The molecule has 2 aromatic heterocycles. The van der Waals surface area contributed by atoms with Crippen molar-refractivity contribution in [3.05, 3.63) is 39.1 Å². The van der Waals surface area contributed by atoms with E-state index in [-0.39, 0.29) is 17.9 Å². The Morgan fingerprint density at radius 1 is 1.19 bits per heavy atom. The van der Waals surface area contributed by atoms with Crippen molar-refractivity contribution in [3.8, 4) is 0 Å². The average Bonchev–Trinajstić information content (AvgIpc) is 3.21. The van der Waals surface area contributed by atoms with Crippen molar-refractivity contribution in [3.63, 3.8) is 0 Å². The van der Waals surface area contributed by atoms with Gasteiger partial charge in [-0.25, -0.2) is 4.98 Å². The summed E-state index contributed by atoms with van der Waals surface area (Å²) in [5.74, 6) is 0.211. The van der Waals surface area contributed by atoms with Gasteiger partial charge in [0.25, 0.3) is 5.91 Å². The van der Waals surface area contributed by atoms with Gasteiger partial charge in [-0.1, -0.05) is 37.3 Å². The van der Waals surface area contributed by atoms with E-state index in [0.717, 1.165) is 42.1 Å². The first kappa shape index (κ1) is 22.0. The van der Waals surface area contributed by atoms with Gasteiger partial charge in [0.1, 0.15) is 15.9 Å². The zero-order valence-corrected chi connectivity index (χ0v) is 19.2. The quantitative estimate of drug-likeness (QED) is 0.523. The predicted octanol–water partition coefficient (Wildman–Crippen LogP) is 4.07. The molecule has 2 aliphatic carbocycles. The maximum atomic E-state index is 12.9. The number of nitrogens with one attached hydrogen (secondary N) is 3. The van der Waals surface area contributed by atoms with Crippen molar-refractivity contribution in [1.29, 1.82) is 0 Å². The summed E-state index contributed by atoms with van der Waals surface area (Å²) >= 11 is 7.34. The smallest absolute Gasteiger partial charge is 0.263 e. The zero-order valence-electron chi connectivity index (χ0n) is 17.6. The molecular formula is C22H28ClN5O2S. The lowest BCUT2D eigenvalue weighted by atomic mass is 9.97. The molecule has 3 N–H and O–H groups in total. The van der Waals surface area contributed by atoms with E-state index in [1.54, 1.807) is 12.4 Å². The van der Waals surface area contributed by atoms with Crippen LogP contribution >= 0.6 is 22.9 Å². The molecule has 4 rings (SSSR count). The van der Waals surface area contributed by atoms with Gasteiger partial charge in [0.05, 0.1) is 29.1 Å². The van der Waals surface area contributed by atoms with Crippen LogP contribution in [0.3, 0.4) is 0 Å². The number of carbonyl (C=O) groups is 2. The number of aryl methyl sites for hydroxylation is 1. The van der Waals surface area contributed by atoms with Gasteiger partial charge < -0.3 is 16.0 Å². The fourth-order valence-electron chi connectivity index (χ4n) is 3.92. The molecule has 2 fully saturated rings. The molecule has 31 heavy (non-hydrogen) atoms. The van der Waals surface area contributed by atoms with E-state index in [1.165, 1.54) is 24.2 Å². The monoisotopic (exact) mass is 461 g/mol. The van der Waals surface area contributed by atoms with Crippen molar-refractivity contribution in [2.75, 3.05) is 5.32 Å². The molecule has 0 saturated heterocycles. The molecule has 9 heteroatoms. The molecule has 0 aromatic carbocycles. The van der Waals surface area contributed by atoms with Crippen LogP contribution in [-0.4, -0.2) is 33.9 Å². The molecule has 2 aromatic rings. The van der Waals surface area contributed by atoms with E-state index < -0.39 is 6.04 Å². The van der Waals surface area contributed by atoms with E-state index >= 15 is 0 Å². The van der Waals surface area contributed by atoms with Gasteiger partial charge >= 0.3 is 0 Å². The molecule has 166 valence electrons. The highest BCUT2D eigenvalue weighted by Crippen LogP contribution is 2.29. The molecule has 0 bridgehead atoms. The van der Waals surface area contributed by atoms with Crippen molar-refractivity contribution >= 4 is 40.4 Å². The summed E-state index contributed by atoms with van der Waals surface area (Å²) in [6.07, 6.45) is 10.6. The Labute approximate surface area is 191 Å². The summed E-state index contributed by atoms with van der Waals surface area (Å²) in [5, 5.41) is 10.6. The third kappa shape index (κ3) is 6.17. The van der Waals surface area contributed by atoms with Crippen molar-refractivity contribution in [2.45, 2.75) is 70.5 Å². The number of rotatable bonds is 9. The fraction of sp³-hybridized carbons (Fsp3) is 0.545. The zero-order chi connectivity index (χ0) is 21.8. The van der Waals surface area contributed by atoms with Gasteiger partial charge in [0.2, 0.25) is 5.91 Å². The summed E-state index contributed by atoms with van der Waals surface area (Å²) < 4.78 is 0. The van der Waals surface area contributed by atoms with Crippen LogP contribution in [0, 0.1) is 12.8 Å². The highest BCUT2D eigenvalue weighted by molar-refractivity contribution is 7.13. The first-order valence-corrected chi connectivity index (χ1v) is 12.1. The third-order valence-corrected chi connectivity index (χ3v) is 7.05. The minimum absolute atomic E-state index is 0.0573. The predicted molar refractivity (Wildman–Crippen MR) is 122 cm³/mol. The number of aromatic nitrogens is 2. The number of thiazole rings is 1. The average molecular weight is 462 g/mol. The molecule has 7 nitrogen and oxygen atoms in total. The first-order valence-electron chi connectivity index (χ1n) is 10.9. The Bertz CT molecular complexity index is 940. The number of hydrogen-bond donors (Lipinski definition) is 3. The standard InChI is InChI=1S/C22H28ClN5O2S/c1-13-17(9-15(23)10-24-13)25-12-20-26-11-19(31-20)22(30)28-18(8-14-4-2-3-5-14)21(29)27-16-6-7-16/h9-11,14,16,18,25H,2-8,12H2,1H3,(H,27,29)(H,28,30)/t18-/m0/s1. The molecule has 2 saturated carbocycles. The Morgan fingerprint density at radius 3 is 2.71 bits per heavy atom. The van der Waals surface area contributed by atoms with E-state index in [1.807, 2.05) is 13.0 Å². The van der Waals surface area contributed by atoms with Crippen molar-refractivity contribution in [2.24, 2.45) is 5.92 Å². The normalized spacial score (nSPS) is 17.4. The third-order valence-electron chi connectivity index (χ3n) is 5.85. The number of anilines is 1. The van der Waals surface area contributed by atoms with Crippen molar-refractivity contribution < 1.29 is 9.59 Å². The SMILES string of the molecule is Cc1ncc(Cl)cc1NCc1ncc(C(=O)N[C@@H](CC2CCCC2)C(=O)NC2CC2)s1. The largest absolute Gasteiger partial charge is 0.377 e. The number of amides is 2. The first-order chi connectivity index (χ1) is 15.0. The van der Waals surface area contributed by atoms with E-state index in [2.05, 4.69) is 25.9 Å². The maximum absolute atomic E-state index is 12.9. The summed E-state index contributed by atoms with van der Waals surface area (Å²) in [5.41, 5.74) is 1.68. The van der Waals surface area contributed by atoms with E-state index in [0.29, 0.717) is 28.8 Å². The highest BCUT2D eigenvalue weighted by Gasteiger charge is 2.31. The van der Waals surface area contributed by atoms with Crippen LogP contribution < -0.4 is 16.0 Å². The minimum atomic E-state index is -0.486. The van der Waals surface area contributed by atoms with E-state index in [4.69, 9.17) is 11.6 Å². The van der Waals surface area contributed by atoms with Crippen molar-refractivity contribution in [1.82, 2.24) is 20.6 Å². The van der Waals surface area contributed by atoms with E-state index in [9.17, 15) is 9.59 Å². The van der Waals surface area contributed by atoms with Crippen LogP contribution in [0.2, 0.25) is 5.02 Å². The molecule has 0 radical (unpaired) electrons. The number of halogens is 1. The minimum Gasteiger partial charge on any atom is -0.377 e. The summed E-state index contributed by atoms with van der Waals surface area (Å²) in [6, 6.07) is 1.61. The molecule has 2 amide bonds. The molecule has 2 heterocycles. The Morgan fingerprint density at radius 2 is 1.97 bits per heavy atom. The second-order valence-corrected chi connectivity index (χ2v) is 10.0. The molecule has 2 aliphatic rings. The van der Waals surface area contributed by atoms with Crippen LogP contribution in [0.5, 0.6) is 0 Å². The second kappa shape index (κ2) is 9.96. The number of pyridine rings is 1. The Hall–Kier alpha value is -2.19. The molecule has 0 spiro atoms. The van der Waals surface area contributed by atoms with Crippen LogP contribution in [0.1, 0.15) is 65.3 Å². The lowest BCUT2D eigenvalue weighted by molar-refractivity contribution is -0.123. The number of hydrogen-bond acceptors (Lipinski definition) is 6. The van der Waals surface area contributed by atoms with Gasteiger partial charge in [-0.05, 0) is 38.2 Å². The second-order valence-electron chi connectivity index (χ2n) is 8.45. The van der Waals surface area contributed by atoms with Gasteiger partial charge in [-0.15, -0.1) is 11.3 Å². The van der Waals surface area contributed by atoms with Gasteiger partial charge in [0, 0.05) is 12.2 Å². The maximum Gasteiger partial charge on any atom is 0.263 e. The van der Waals surface area contributed by atoms with Gasteiger partial charge in [-0.2, -0.15) is 0 Å². The lowest BCUT2D eigenvalue weighted by Crippen LogP contribution is -2.48. The Kier molecular flexibility index (Phi) is 7.07. The van der Waals surface area contributed by atoms with Crippen LogP contribution in [0.15, 0.2) is 18.5 Å². The Balaban J connectivity index is 1.36. The van der Waals surface area contributed by atoms with Gasteiger partial charge in [0.15, 0.2) is 0 Å². The summed E-state index contributed by atoms with van der Waals surface area (Å²) in [6.45, 7) is 2.37. The number of carbonyl (C=O) groups excluding carboxylic acids is 2. The van der Waals surface area contributed by atoms with Crippen LogP contribution in [0.4, 0.5) is 5.69 Å². The molecule has 1 atom stereocenters. The molecule has 0 unspecified atom stereocenters. The van der Waals surface area contributed by atoms with Crippen LogP contribution in [-0.2, 0) is 11.3 Å². The molecular weight excluding hydrogens is 434 g/mol. The van der Waals surface area contributed by atoms with Crippen LogP contribution in [0.25, 0.3) is 0 Å². The fourth-order valence-corrected chi connectivity index (χ4v) is 4.84. The molecule has 0 aliphatic heterocycles. The highest BCUT2D eigenvalue weighted by atomic mass is 35.5. The number of nitrogens with zero attached hydrogens (tertiary/aromatic N) is 2. The van der Waals surface area contributed by atoms with Gasteiger partial charge in [-0.3, -0.25) is 14.6 Å². The summed E-state index contributed by atoms with van der Waals surface area (Å²) in [4.78, 5) is 34.7. The topological polar surface area (TPSA) is 96.0 Å². The summed E-state index contributed by atoms with van der Waals surface area (Å²) in [7, 11) is 0.